The van der Waals surface area contributed by atoms with Crippen LogP contribution in [0.4, 0.5) is 5.69 Å². The first-order valence-corrected chi connectivity index (χ1v) is 12.5. The van der Waals surface area contributed by atoms with Crippen molar-refractivity contribution >= 4 is 70.1 Å². The lowest BCUT2D eigenvalue weighted by Gasteiger charge is -2.09. The molecule has 1 aromatic heterocycles. The predicted molar refractivity (Wildman–Crippen MR) is 142 cm³/mol. The van der Waals surface area contributed by atoms with Gasteiger partial charge in [-0.3, -0.25) is 9.59 Å². The summed E-state index contributed by atoms with van der Waals surface area (Å²) in [7, 11) is 4.84. The largest absolute Gasteiger partial charge is 0.493 e. The molecule has 0 bridgehead atoms. The standard InChI is InChI=1S/C23H22Cl3N5O4S/c1-31-19(11-27-20(32)7-5-13-4-6-17(34-2)18(8-13)35-3)29-30-23(31)36-12-21(33)28-22-15(25)9-14(24)10-16(22)26/h4-10H,11-12H2,1-3H3,(H,27,32)(H,28,33). The third-order valence-corrected chi connectivity index (χ3v) is 6.62. The van der Waals surface area contributed by atoms with Crippen LogP contribution >= 0.6 is 46.6 Å². The van der Waals surface area contributed by atoms with Crippen molar-refractivity contribution in [3.63, 3.8) is 0 Å². The third-order valence-electron chi connectivity index (χ3n) is 4.78. The normalized spacial score (nSPS) is 10.9. The number of ether oxygens (including phenoxy) is 2. The second-order valence-corrected chi connectivity index (χ2v) is 9.40. The van der Waals surface area contributed by atoms with Crippen molar-refractivity contribution < 1.29 is 19.1 Å². The van der Waals surface area contributed by atoms with Crippen molar-refractivity contribution in [2.24, 2.45) is 7.05 Å². The Hall–Kier alpha value is -2.92. The Morgan fingerprint density at radius 2 is 1.75 bits per heavy atom. The van der Waals surface area contributed by atoms with E-state index >= 15 is 0 Å². The average molecular weight is 571 g/mol. The number of hydrogen-bond donors (Lipinski definition) is 2. The summed E-state index contributed by atoms with van der Waals surface area (Å²) in [5.41, 5.74) is 1.07. The monoisotopic (exact) mass is 569 g/mol. The summed E-state index contributed by atoms with van der Waals surface area (Å²) in [5.74, 6) is 1.10. The molecule has 0 radical (unpaired) electrons. The molecule has 0 aliphatic carbocycles. The summed E-state index contributed by atoms with van der Waals surface area (Å²) < 4.78 is 12.2. The molecule has 0 spiro atoms. The lowest BCUT2D eigenvalue weighted by atomic mass is 10.2. The topological polar surface area (TPSA) is 107 Å². The average Bonchev–Trinajstić information content (AvgIpc) is 3.21. The van der Waals surface area contributed by atoms with Crippen molar-refractivity contribution in [2.75, 3.05) is 25.3 Å². The molecule has 3 aromatic rings. The van der Waals surface area contributed by atoms with E-state index in [2.05, 4.69) is 20.8 Å². The highest BCUT2D eigenvalue weighted by atomic mass is 35.5. The van der Waals surface area contributed by atoms with Gasteiger partial charge in [-0.05, 0) is 35.9 Å². The van der Waals surface area contributed by atoms with Gasteiger partial charge in [-0.25, -0.2) is 0 Å². The maximum atomic E-state index is 12.4. The van der Waals surface area contributed by atoms with Crippen LogP contribution in [0.2, 0.25) is 15.1 Å². The number of carbonyl (C=O) groups excluding carboxylic acids is 2. The van der Waals surface area contributed by atoms with Crippen LogP contribution in [0.5, 0.6) is 11.5 Å². The number of halogens is 3. The number of nitrogens with zero attached hydrogens (tertiary/aromatic N) is 3. The molecule has 9 nitrogen and oxygen atoms in total. The summed E-state index contributed by atoms with van der Waals surface area (Å²) >= 11 is 19.3. The summed E-state index contributed by atoms with van der Waals surface area (Å²) in [6.07, 6.45) is 3.07. The molecule has 3 rings (SSSR count). The summed E-state index contributed by atoms with van der Waals surface area (Å²) in [6.45, 7) is 0.154. The first-order chi connectivity index (χ1) is 17.2. The Morgan fingerprint density at radius 3 is 2.42 bits per heavy atom. The Morgan fingerprint density at radius 1 is 1.06 bits per heavy atom. The quantitative estimate of drug-likeness (QED) is 0.265. The van der Waals surface area contributed by atoms with E-state index in [1.165, 1.54) is 30.0 Å². The molecule has 190 valence electrons. The van der Waals surface area contributed by atoms with Crippen LogP contribution in [0.25, 0.3) is 6.08 Å². The maximum Gasteiger partial charge on any atom is 0.244 e. The smallest absolute Gasteiger partial charge is 0.244 e. The number of benzene rings is 2. The lowest BCUT2D eigenvalue weighted by Crippen LogP contribution is -2.22. The van der Waals surface area contributed by atoms with Crippen LogP contribution < -0.4 is 20.1 Å². The van der Waals surface area contributed by atoms with E-state index in [1.807, 2.05) is 6.07 Å². The number of carbonyl (C=O) groups is 2. The number of hydrogen-bond acceptors (Lipinski definition) is 7. The van der Waals surface area contributed by atoms with E-state index in [4.69, 9.17) is 44.3 Å². The second kappa shape index (κ2) is 12.9. The van der Waals surface area contributed by atoms with E-state index in [0.29, 0.717) is 27.5 Å². The highest BCUT2D eigenvalue weighted by molar-refractivity contribution is 7.99. The molecular formula is C23H22Cl3N5O4S. The van der Waals surface area contributed by atoms with Gasteiger partial charge in [-0.2, -0.15) is 0 Å². The lowest BCUT2D eigenvalue weighted by molar-refractivity contribution is -0.116. The molecule has 36 heavy (non-hydrogen) atoms. The molecule has 0 fully saturated rings. The molecule has 0 saturated carbocycles. The number of amides is 2. The van der Waals surface area contributed by atoms with Crippen molar-refractivity contribution in [3.05, 3.63) is 62.9 Å². The molecule has 2 aromatic carbocycles. The predicted octanol–water partition coefficient (Wildman–Crippen LogP) is 4.85. The van der Waals surface area contributed by atoms with Gasteiger partial charge in [-0.15, -0.1) is 10.2 Å². The minimum atomic E-state index is -0.329. The molecule has 0 unspecified atom stereocenters. The van der Waals surface area contributed by atoms with Gasteiger partial charge in [0, 0.05) is 18.1 Å². The molecule has 0 aliphatic rings. The van der Waals surface area contributed by atoms with Gasteiger partial charge in [0.1, 0.15) is 0 Å². The molecule has 0 saturated heterocycles. The van der Waals surface area contributed by atoms with Gasteiger partial charge in [-0.1, -0.05) is 52.6 Å². The molecule has 2 N–H and O–H groups in total. The number of rotatable bonds is 10. The van der Waals surface area contributed by atoms with Crippen molar-refractivity contribution in [1.29, 1.82) is 0 Å². The Kier molecular flexibility index (Phi) is 9.89. The van der Waals surface area contributed by atoms with Crippen LogP contribution in [-0.2, 0) is 23.2 Å². The molecule has 2 amide bonds. The van der Waals surface area contributed by atoms with E-state index < -0.39 is 0 Å². The fourth-order valence-corrected chi connectivity index (χ4v) is 4.59. The molecule has 0 aliphatic heterocycles. The number of aromatic nitrogens is 3. The number of anilines is 1. The van der Waals surface area contributed by atoms with Crippen LogP contribution in [0.15, 0.2) is 41.6 Å². The number of thioether (sulfide) groups is 1. The van der Waals surface area contributed by atoms with E-state index in [0.717, 1.165) is 5.56 Å². The summed E-state index contributed by atoms with van der Waals surface area (Å²) in [4.78, 5) is 24.6. The fourth-order valence-electron chi connectivity index (χ4n) is 2.95. The second-order valence-electron chi connectivity index (χ2n) is 7.20. The van der Waals surface area contributed by atoms with Crippen LogP contribution in [0.1, 0.15) is 11.4 Å². The minimum Gasteiger partial charge on any atom is -0.493 e. The zero-order valence-corrected chi connectivity index (χ0v) is 22.6. The number of nitrogens with one attached hydrogen (secondary N) is 2. The van der Waals surface area contributed by atoms with Crippen molar-refractivity contribution in [1.82, 2.24) is 20.1 Å². The first-order valence-electron chi connectivity index (χ1n) is 10.3. The van der Waals surface area contributed by atoms with Gasteiger partial charge in [0.05, 0.1) is 42.2 Å². The van der Waals surface area contributed by atoms with Gasteiger partial charge < -0.3 is 24.7 Å². The first kappa shape index (κ1) is 27.7. The molecule has 13 heteroatoms. The minimum absolute atomic E-state index is 0.0433. The van der Waals surface area contributed by atoms with Crippen molar-refractivity contribution in [2.45, 2.75) is 11.7 Å². The third kappa shape index (κ3) is 7.30. The van der Waals surface area contributed by atoms with Crippen molar-refractivity contribution in [3.8, 4) is 11.5 Å². The van der Waals surface area contributed by atoms with Crippen LogP contribution in [-0.4, -0.2) is 46.6 Å². The van der Waals surface area contributed by atoms with Gasteiger partial charge in [0.25, 0.3) is 0 Å². The fraction of sp³-hybridized carbons (Fsp3) is 0.217. The maximum absolute atomic E-state index is 12.4. The number of methoxy groups -OCH3 is 2. The molecular weight excluding hydrogens is 549 g/mol. The highest BCUT2D eigenvalue weighted by Crippen LogP contribution is 2.34. The van der Waals surface area contributed by atoms with E-state index in [1.54, 1.807) is 44.0 Å². The van der Waals surface area contributed by atoms with Crippen LogP contribution in [0.3, 0.4) is 0 Å². The molecule has 0 atom stereocenters. The Bertz CT molecular complexity index is 1280. The zero-order valence-electron chi connectivity index (χ0n) is 19.5. The summed E-state index contributed by atoms with van der Waals surface area (Å²) in [6, 6.07) is 8.31. The Balaban J connectivity index is 1.52. The summed E-state index contributed by atoms with van der Waals surface area (Å²) in [5, 5.41) is 14.9. The van der Waals surface area contributed by atoms with E-state index in [9.17, 15) is 9.59 Å². The highest BCUT2D eigenvalue weighted by Gasteiger charge is 2.15. The SMILES string of the molecule is COc1ccc(C=CC(=O)NCc2nnc(SCC(=O)Nc3c(Cl)cc(Cl)cc3Cl)n2C)cc1OC. The van der Waals surface area contributed by atoms with E-state index in [-0.39, 0.29) is 39.8 Å². The van der Waals surface area contributed by atoms with Gasteiger partial charge >= 0.3 is 0 Å². The zero-order chi connectivity index (χ0) is 26.2. The Labute approximate surface area is 227 Å². The van der Waals surface area contributed by atoms with Crippen LogP contribution in [0, 0.1) is 0 Å². The molecule has 1 heterocycles. The van der Waals surface area contributed by atoms with Gasteiger partial charge in [0.15, 0.2) is 22.5 Å². The van der Waals surface area contributed by atoms with Gasteiger partial charge in [0.2, 0.25) is 11.8 Å².